The summed E-state index contributed by atoms with van der Waals surface area (Å²) >= 11 is 1.49. The first-order valence-electron chi connectivity index (χ1n) is 7.60. The van der Waals surface area contributed by atoms with Crippen molar-refractivity contribution in [3.63, 3.8) is 0 Å². The summed E-state index contributed by atoms with van der Waals surface area (Å²) in [6.07, 6.45) is 5.61. The highest BCUT2D eigenvalue weighted by Gasteiger charge is 2.31. The monoisotopic (exact) mass is 327 g/mol. The van der Waals surface area contributed by atoms with Crippen molar-refractivity contribution < 1.29 is 4.79 Å². The largest absolute Gasteiger partial charge is 0.327 e. The van der Waals surface area contributed by atoms with Crippen molar-refractivity contribution in [2.45, 2.75) is 26.1 Å². The lowest BCUT2D eigenvalue weighted by Crippen LogP contribution is -2.41. The molecule has 4 rings (SSSR count). The number of thiophene rings is 1. The Hall–Kier alpha value is -2.41. The predicted molar refractivity (Wildman–Crippen MR) is 87.3 cm³/mol. The molecule has 1 aliphatic rings. The van der Waals surface area contributed by atoms with E-state index >= 15 is 0 Å². The fraction of sp³-hybridized carbons (Fsp3) is 0.312. The zero-order valence-electron chi connectivity index (χ0n) is 12.8. The number of rotatable bonds is 3. The Labute approximate surface area is 138 Å². The minimum atomic E-state index is -0.0234. The van der Waals surface area contributed by atoms with Gasteiger partial charge in [-0.25, -0.2) is 4.98 Å². The summed E-state index contributed by atoms with van der Waals surface area (Å²) in [4.78, 5) is 19.9. The third-order valence-corrected chi connectivity index (χ3v) is 5.11. The Morgan fingerprint density at radius 1 is 1.39 bits per heavy atom. The lowest BCUT2D eigenvalue weighted by Gasteiger charge is -2.34. The maximum atomic E-state index is 12.6. The number of imidazole rings is 1. The summed E-state index contributed by atoms with van der Waals surface area (Å²) in [7, 11) is 0. The summed E-state index contributed by atoms with van der Waals surface area (Å²) in [6, 6.07) is 5.68. The van der Waals surface area contributed by atoms with E-state index in [0.717, 1.165) is 22.9 Å². The van der Waals surface area contributed by atoms with Crippen molar-refractivity contribution in [1.29, 1.82) is 0 Å². The molecule has 118 valence electrons. The van der Waals surface area contributed by atoms with Crippen LogP contribution in [0.5, 0.6) is 0 Å². The van der Waals surface area contributed by atoms with Crippen molar-refractivity contribution in [3.8, 4) is 0 Å². The normalized spacial score (nSPS) is 17.3. The molecule has 0 saturated carbocycles. The number of fused-ring (bicyclic) bond motifs is 1. The molecule has 0 fully saturated rings. The number of hydrogen-bond donors (Lipinski definition) is 0. The molecule has 6 nitrogen and oxygen atoms in total. The quantitative estimate of drug-likeness (QED) is 0.742. The Morgan fingerprint density at radius 2 is 2.30 bits per heavy atom. The second-order valence-electron chi connectivity index (χ2n) is 5.61. The van der Waals surface area contributed by atoms with Crippen LogP contribution < -0.4 is 0 Å². The van der Waals surface area contributed by atoms with Crippen molar-refractivity contribution >= 4 is 17.2 Å². The van der Waals surface area contributed by atoms with Gasteiger partial charge in [-0.3, -0.25) is 9.48 Å². The zero-order chi connectivity index (χ0) is 15.8. The van der Waals surface area contributed by atoms with Crippen LogP contribution in [0.1, 0.15) is 34.2 Å². The van der Waals surface area contributed by atoms with Crippen molar-refractivity contribution in [2.75, 3.05) is 6.54 Å². The molecule has 23 heavy (non-hydrogen) atoms. The first-order chi connectivity index (χ1) is 11.2. The first-order valence-corrected chi connectivity index (χ1v) is 8.48. The lowest BCUT2D eigenvalue weighted by atomic mass is 10.2. The van der Waals surface area contributed by atoms with Crippen LogP contribution in [-0.4, -0.2) is 36.7 Å². The van der Waals surface area contributed by atoms with Gasteiger partial charge in [0.2, 0.25) is 0 Å². The second-order valence-corrected chi connectivity index (χ2v) is 6.56. The Balaban J connectivity index is 1.59. The van der Waals surface area contributed by atoms with E-state index in [9.17, 15) is 4.79 Å². The third kappa shape index (κ3) is 2.46. The molecule has 0 unspecified atom stereocenters. The Morgan fingerprint density at radius 3 is 3.04 bits per heavy atom. The molecule has 1 atom stereocenters. The number of nitrogens with zero attached hydrogens (tertiary/aromatic N) is 5. The molecule has 0 bridgehead atoms. The smallest absolute Gasteiger partial charge is 0.264 e. The average Bonchev–Trinajstić information content (AvgIpc) is 3.30. The van der Waals surface area contributed by atoms with Crippen molar-refractivity contribution in [1.82, 2.24) is 24.2 Å². The molecular weight excluding hydrogens is 310 g/mol. The Kier molecular flexibility index (Phi) is 3.49. The first kappa shape index (κ1) is 14.2. The van der Waals surface area contributed by atoms with E-state index in [1.165, 1.54) is 11.3 Å². The van der Waals surface area contributed by atoms with Gasteiger partial charge >= 0.3 is 0 Å². The number of hydrogen-bond acceptors (Lipinski definition) is 4. The van der Waals surface area contributed by atoms with Crippen LogP contribution in [0.15, 0.2) is 42.2 Å². The van der Waals surface area contributed by atoms with Crippen LogP contribution in [-0.2, 0) is 13.1 Å². The van der Waals surface area contributed by atoms with Crippen LogP contribution in [0, 0.1) is 0 Å². The van der Waals surface area contributed by atoms with Crippen LogP contribution >= 0.6 is 11.3 Å². The highest BCUT2D eigenvalue weighted by molar-refractivity contribution is 7.12. The van der Waals surface area contributed by atoms with Crippen LogP contribution in [0.4, 0.5) is 0 Å². The van der Waals surface area contributed by atoms with Gasteiger partial charge in [-0.1, -0.05) is 6.07 Å². The van der Waals surface area contributed by atoms with Gasteiger partial charge < -0.3 is 9.47 Å². The van der Waals surface area contributed by atoms with Gasteiger partial charge in [0, 0.05) is 25.5 Å². The number of carbonyl (C=O) groups is 1. The molecule has 1 aliphatic heterocycles. The highest BCUT2D eigenvalue weighted by atomic mass is 32.1. The molecule has 3 aromatic heterocycles. The van der Waals surface area contributed by atoms with Gasteiger partial charge in [0.05, 0.1) is 29.4 Å². The second kappa shape index (κ2) is 5.66. The fourth-order valence-electron chi connectivity index (χ4n) is 3.06. The molecule has 0 saturated heterocycles. The standard InChI is InChI=1S/C16H17N5OS/c1-12-15-17-10-13(11-19-6-3-5-18-19)21(15)8-7-20(12)16(22)14-4-2-9-23-14/h2-6,9-10,12H,7-8,11H2,1H3/t12-/m1/s1. The van der Waals surface area contributed by atoms with Gasteiger partial charge in [-0.05, 0) is 24.4 Å². The van der Waals surface area contributed by atoms with Gasteiger partial charge in [0.15, 0.2) is 0 Å². The molecule has 0 aromatic carbocycles. The van der Waals surface area contributed by atoms with Gasteiger partial charge in [-0.15, -0.1) is 11.3 Å². The minimum Gasteiger partial charge on any atom is -0.327 e. The van der Waals surface area contributed by atoms with Gasteiger partial charge in [0.25, 0.3) is 5.91 Å². The summed E-state index contributed by atoms with van der Waals surface area (Å²) in [5.74, 6) is 1.04. The van der Waals surface area contributed by atoms with Crippen LogP contribution in [0.2, 0.25) is 0 Å². The number of aromatic nitrogens is 4. The molecule has 3 aromatic rings. The van der Waals surface area contributed by atoms with E-state index in [-0.39, 0.29) is 11.9 Å². The topological polar surface area (TPSA) is 56.0 Å². The molecule has 0 aliphatic carbocycles. The summed E-state index contributed by atoms with van der Waals surface area (Å²) in [5, 5.41) is 6.18. The van der Waals surface area contributed by atoms with Gasteiger partial charge in [-0.2, -0.15) is 5.10 Å². The number of carbonyl (C=O) groups excluding carboxylic acids is 1. The van der Waals surface area contributed by atoms with E-state index < -0.39 is 0 Å². The number of amides is 1. The van der Waals surface area contributed by atoms with Gasteiger partial charge in [0.1, 0.15) is 5.82 Å². The summed E-state index contributed by atoms with van der Waals surface area (Å²) in [6.45, 7) is 4.22. The minimum absolute atomic E-state index is 0.0234. The van der Waals surface area contributed by atoms with Crippen LogP contribution in [0.25, 0.3) is 0 Å². The molecule has 1 amide bonds. The van der Waals surface area contributed by atoms with E-state index in [1.807, 2.05) is 52.5 Å². The maximum Gasteiger partial charge on any atom is 0.264 e. The summed E-state index contributed by atoms with van der Waals surface area (Å²) in [5.41, 5.74) is 1.12. The SMILES string of the molecule is C[C@@H]1c2ncc(Cn3cccn3)n2CCN1C(=O)c1cccs1. The van der Waals surface area contributed by atoms with E-state index in [2.05, 4.69) is 14.6 Å². The molecule has 4 heterocycles. The Bertz CT molecular complexity index is 806. The lowest BCUT2D eigenvalue weighted by molar-refractivity contribution is 0.0641. The fourth-order valence-corrected chi connectivity index (χ4v) is 3.74. The van der Waals surface area contributed by atoms with E-state index in [0.29, 0.717) is 13.1 Å². The summed E-state index contributed by atoms with van der Waals surface area (Å²) < 4.78 is 4.10. The molecule has 0 radical (unpaired) electrons. The molecule has 0 spiro atoms. The molecule has 7 heteroatoms. The van der Waals surface area contributed by atoms with Crippen molar-refractivity contribution in [3.05, 3.63) is 58.6 Å². The molecular formula is C16H17N5OS. The maximum absolute atomic E-state index is 12.6. The highest BCUT2D eigenvalue weighted by Crippen LogP contribution is 2.28. The predicted octanol–water partition coefficient (Wildman–Crippen LogP) is 2.41. The van der Waals surface area contributed by atoms with E-state index in [1.54, 1.807) is 6.20 Å². The van der Waals surface area contributed by atoms with Crippen LogP contribution in [0.3, 0.4) is 0 Å². The zero-order valence-corrected chi connectivity index (χ0v) is 13.6. The van der Waals surface area contributed by atoms with E-state index in [4.69, 9.17) is 0 Å². The molecule has 0 N–H and O–H groups in total. The van der Waals surface area contributed by atoms with Crippen molar-refractivity contribution in [2.24, 2.45) is 0 Å². The third-order valence-electron chi connectivity index (χ3n) is 4.25. The average molecular weight is 327 g/mol.